The minimum absolute atomic E-state index is 0.106. The average Bonchev–Trinajstić information content (AvgIpc) is 3.45. The van der Waals surface area contributed by atoms with Gasteiger partial charge in [0.2, 0.25) is 0 Å². The molecule has 34 heavy (non-hydrogen) atoms. The average molecular weight is 464 g/mol. The molecule has 2 aromatic rings. The number of hydrogen-bond donors (Lipinski definition) is 1. The van der Waals surface area contributed by atoms with Crippen molar-refractivity contribution < 1.29 is 24.2 Å². The van der Waals surface area contributed by atoms with Crippen LogP contribution in [0.4, 0.5) is 0 Å². The smallest absolute Gasteiger partial charge is 0.295 e. The monoisotopic (exact) mass is 463 g/mol. The molecule has 0 saturated carbocycles. The molecule has 0 bridgehead atoms. The second kappa shape index (κ2) is 10.4. The van der Waals surface area contributed by atoms with E-state index in [9.17, 15) is 14.7 Å². The fourth-order valence-corrected chi connectivity index (χ4v) is 4.57. The Morgan fingerprint density at radius 2 is 1.82 bits per heavy atom. The summed E-state index contributed by atoms with van der Waals surface area (Å²) in [5.41, 5.74) is 2.55. The predicted octanol–water partition coefficient (Wildman–Crippen LogP) is 5.20. The number of likely N-dealkylation sites (tertiary alicyclic amines) is 1. The third-order valence-corrected chi connectivity index (χ3v) is 6.48. The van der Waals surface area contributed by atoms with Crippen molar-refractivity contribution >= 4 is 17.4 Å². The van der Waals surface area contributed by atoms with E-state index in [-0.39, 0.29) is 17.4 Å². The van der Waals surface area contributed by atoms with Gasteiger partial charge in [0.25, 0.3) is 11.7 Å². The molecule has 1 N–H and O–H groups in total. The van der Waals surface area contributed by atoms with Crippen molar-refractivity contribution in [1.82, 2.24) is 4.90 Å². The van der Waals surface area contributed by atoms with Crippen LogP contribution in [0.5, 0.6) is 5.75 Å². The number of hydrogen-bond acceptors (Lipinski definition) is 5. The molecule has 4 rings (SSSR count). The van der Waals surface area contributed by atoms with Gasteiger partial charge in [-0.25, -0.2) is 0 Å². The molecule has 2 unspecified atom stereocenters. The highest BCUT2D eigenvalue weighted by Crippen LogP contribution is 2.40. The molecule has 2 fully saturated rings. The van der Waals surface area contributed by atoms with Crippen LogP contribution in [-0.4, -0.2) is 47.6 Å². The van der Waals surface area contributed by atoms with Gasteiger partial charge >= 0.3 is 0 Å². The first-order valence-electron chi connectivity index (χ1n) is 12.1. The normalized spacial score (nSPS) is 22.1. The number of carbonyl (C=O) groups is 2. The number of Topliss-reactive ketones (excluding diaryl/α,β-unsaturated/α-hetero) is 1. The van der Waals surface area contributed by atoms with Gasteiger partial charge in [-0.2, -0.15) is 0 Å². The van der Waals surface area contributed by atoms with E-state index >= 15 is 0 Å². The van der Waals surface area contributed by atoms with Crippen molar-refractivity contribution in [2.45, 2.75) is 58.1 Å². The summed E-state index contributed by atoms with van der Waals surface area (Å²) >= 11 is 0. The molecule has 2 aromatic carbocycles. The van der Waals surface area contributed by atoms with Gasteiger partial charge in [-0.3, -0.25) is 9.59 Å². The Labute approximate surface area is 201 Å². The fourth-order valence-electron chi connectivity index (χ4n) is 4.57. The van der Waals surface area contributed by atoms with E-state index in [1.54, 1.807) is 29.2 Å². The van der Waals surface area contributed by atoms with E-state index in [1.807, 2.05) is 31.2 Å². The van der Waals surface area contributed by atoms with E-state index < -0.39 is 17.7 Å². The van der Waals surface area contributed by atoms with Crippen LogP contribution in [0, 0.1) is 0 Å². The molecule has 2 aliphatic heterocycles. The van der Waals surface area contributed by atoms with Crippen molar-refractivity contribution in [3.63, 3.8) is 0 Å². The number of aliphatic hydroxyl groups excluding tert-OH is 1. The minimum Gasteiger partial charge on any atom is -0.507 e. The van der Waals surface area contributed by atoms with Crippen LogP contribution in [0.25, 0.3) is 5.76 Å². The van der Waals surface area contributed by atoms with E-state index in [4.69, 9.17) is 9.47 Å². The molecule has 2 heterocycles. The summed E-state index contributed by atoms with van der Waals surface area (Å²) in [5.74, 6) is -0.385. The lowest BCUT2D eigenvalue weighted by molar-refractivity contribution is -0.140. The van der Waals surface area contributed by atoms with E-state index in [0.717, 1.165) is 24.8 Å². The zero-order valence-corrected chi connectivity index (χ0v) is 20.1. The number of ketones is 1. The van der Waals surface area contributed by atoms with Gasteiger partial charge in [0.1, 0.15) is 11.5 Å². The molecule has 2 saturated heterocycles. The largest absolute Gasteiger partial charge is 0.507 e. The minimum atomic E-state index is -0.667. The lowest BCUT2D eigenvalue weighted by Crippen LogP contribution is -2.36. The van der Waals surface area contributed by atoms with Crippen LogP contribution in [0.1, 0.15) is 68.7 Å². The number of ether oxygens (including phenoxy) is 2. The van der Waals surface area contributed by atoms with Gasteiger partial charge in [0.05, 0.1) is 24.3 Å². The molecule has 0 radical (unpaired) electrons. The number of amides is 1. The molecule has 2 aliphatic rings. The Morgan fingerprint density at radius 1 is 1.12 bits per heavy atom. The summed E-state index contributed by atoms with van der Waals surface area (Å²) in [4.78, 5) is 27.9. The van der Waals surface area contributed by atoms with Crippen LogP contribution >= 0.6 is 0 Å². The maximum atomic E-state index is 13.2. The van der Waals surface area contributed by atoms with E-state index in [2.05, 4.69) is 13.8 Å². The zero-order valence-electron chi connectivity index (χ0n) is 20.1. The highest BCUT2D eigenvalue weighted by atomic mass is 16.5. The predicted molar refractivity (Wildman–Crippen MR) is 131 cm³/mol. The van der Waals surface area contributed by atoms with Gasteiger partial charge in [-0.1, -0.05) is 45.0 Å². The molecule has 6 heteroatoms. The molecular formula is C28H33NO5. The molecule has 0 aromatic heterocycles. The summed E-state index contributed by atoms with van der Waals surface area (Å²) in [6.45, 7) is 7.85. The Kier molecular flexibility index (Phi) is 7.37. The highest BCUT2D eigenvalue weighted by Gasteiger charge is 2.47. The van der Waals surface area contributed by atoms with E-state index in [1.165, 1.54) is 5.56 Å². The maximum Gasteiger partial charge on any atom is 0.295 e. The summed E-state index contributed by atoms with van der Waals surface area (Å²) in [6, 6.07) is 14.2. The first-order chi connectivity index (χ1) is 16.4. The van der Waals surface area contributed by atoms with Gasteiger partial charge in [0.15, 0.2) is 0 Å². The second-order valence-corrected chi connectivity index (χ2v) is 9.28. The first-order valence-corrected chi connectivity index (χ1v) is 12.1. The van der Waals surface area contributed by atoms with Gasteiger partial charge < -0.3 is 19.5 Å². The second-order valence-electron chi connectivity index (χ2n) is 9.28. The molecular weight excluding hydrogens is 430 g/mol. The fraction of sp³-hybridized carbons (Fsp3) is 0.429. The summed E-state index contributed by atoms with van der Waals surface area (Å²) in [5, 5.41) is 11.2. The number of nitrogens with zero attached hydrogens (tertiary/aromatic N) is 1. The lowest BCUT2D eigenvalue weighted by Gasteiger charge is -2.27. The molecule has 2 atom stereocenters. The third kappa shape index (κ3) is 4.87. The van der Waals surface area contributed by atoms with Gasteiger partial charge in [-0.05, 0) is 60.6 Å². The Balaban J connectivity index is 1.74. The third-order valence-electron chi connectivity index (χ3n) is 6.48. The van der Waals surface area contributed by atoms with Crippen molar-refractivity contribution in [2.75, 3.05) is 19.8 Å². The van der Waals surface area contributed by atoms with Crippen molar-refractivity contribution in [3.8, 4) is 5.75 Å². The highest BCUT2D eigenvalue weighted by molar-refractivity contribution is 6.46. The molecule has 0 spiro atoms. The SMILES string of the molecule is CCCOc1ccc(/C(O)=C2/C(=O)C(=O)N(CC3CCCO3)C2c2ccc(C(C)C)cc2)cc1. The lowest BCUT2D eigenvalue weighted by atomic mass is 9.93. The molecule has 6 nitrogen and oxygen atoms in total. The maximum absolute atomic E-state index is 13.2. The molecule has 0 aliphatic carbocycles. The van der Waals surface area contributed by atoms with Crippen LogP contribution in [0.3, 0.4) is 0 Å². The quantitative estimate of drug-likeness (QED) is 0.331. The number of aliphatic hydroxyl groups is 1. The van der Waals surface area contributed by atoms with Crippen molar-refractivity contribution in [2.24, 2.45) is 0 Å². The number of benzene rings is 2. The van der Waals surface area contributed by atoms with Crippen molar-refractivity contribution in [3.05, 3.63) is 70.8 Å². The summed E-state index contributed by atoms with van der Waals surface area (Å²) < 4.78 is 11.4. The Morgan fingerprint density at radius 3 is 2.41 bits per heavy atom. The van der Waals surface area contributed by atoms with Crippen LogP contribution in [0.2, 0.25) is 0 Å². The van der Waals surface area contributed by atoms with Crippen LogP contribution in [0.15, 0.2) is 54.1 Å². The summed E-state index contributed by atoms with van der Waals surface area (Å²) in [7, 11) is 0. The van der Waals surface area contributed by atoms with Gasteiger partial charge in [0, 0.05) is 18.7 Å². The number of rotatable bonds is 8. The Hall–Kier alpha value is -3.12. The zero-order chi connectivity index (χ0) is 24.2. The molecule has 1 amide bonds. The Bertz CT molecular complexity index is 1050. The summed E-state index contributed by atoms with van der Waals surface area (Å²) in [6.07, 6.45) is 2.58. The van der Waals surface area contributed by atoms with Gasteiger partial charge in [-0.15, -0.1) is 0 Å². The topological polar surface area (TPSA) is 76.1 Å². The number of carbonyl (C=O) groups excluding carboxylic acids is 2. The van der Waals surface area contributed by atoms with Crippen molar-refractivity contribution in [1.29, 1.82) is 0 Å². The first kappa shape index (κ1) is 24.0. The standard InChI is InChI=1S/C28H33NO5/c1-4-15-33-22-13-11-21(12-14-22)26(30)24-25(20-9-7-19(8-10-20)18(2)3)29(28(32)27(24)31)17-23-6-5-16-34-23/h7-14,18,23,25,30H,4-6,15-17H2,1-3H3/b26-24-. The van der Waals surface area contributed by atoms with E-state index in [0.29, 0.717) is 37.0 Å². The van der Waals surface area contributed by atoms with Crippen LogP contribution < -0.4 is 4.74 Å². The molecule has 180 valence electrons. The van der Waals surface area contributed by atoms with Crippen LogP contribution in [-0.2, 0) is 14.3 Å².